The van der Waals surface area contributed by atoms with E-state index in [1.807, 2.05) is 49.4 Å². The van der Waals surface area contributed by atoms with Crippen molar-refractivity contribution in [2.24, 2.45) is 5.73 Å². The summed E-state index contributed by atoms with van der Waals surface area (Å²) in [6, 6.07) is 13.1. The van der Waals surface area contributed by atoms with E-state index in [0.29, 0.717) is 10.0 Å². The van der Waals surface area contributed by atoms with Crippen LogP contribution in [-0.2, 0) is 0 Å². The zero-order valence-electron chi connectivity index (χ0n) is 9.45. The Hall–Kier alpha value is -1.02. The second kappa shape index (κ2) is 5.09. The highest BCUT2D eigenvalue weighted by Crippen LogP contribution is 2.31. The largest absolute Gasteiger partial charge is 0.320 e. The average molecular weight is 266 g/mol. The van der Waals surface area contributed by atoms with E-state index in [4.69, 9.17) is 28.9 Å². The van der Waals surface area contributed by atoms with Gasteiger partial charge in [-0.05, 0) is 29.7 Å². The average Bonchev–Trinajstić information content (AvgIpc) is 2.32. The second-order valence-electron chi connectivity index (χ2n) is 3.98. The molecule has 2 aromatic carbocycles. The van der Waals surface area contributed by atoms with Crippen LogP contribution in [0.15, 0.2) is 42.5 Å². The third-order valence-electron chi connectivity index (χ3n) is 2.80. The molecule has 17 heavy (non-hydrogen) atoms. The molecule has 0 saturated heterocycles. The van der Waals surface area contributed by atoms with Crippen molar-refractivity contribution in [3.63, 3.8) is 0 Å². The second-order valence-corrected chi connectivity index (χ2v) is 4.76. The highest BCUT2D eigenvalue weighted by molar-refractivity contribution is 6.32. The third kappa shape index (κ3) is 2.47. The van der Waals surface area contributed by atoms with Crippen LogP contribution in [0.2, 0.25) is 10.0 Å². The molecule has 1 nitrogen and oxygen atoms in total. The van der Waals surface area contributed by atoms with Crippen molar-refractivity contribution >= 4 is 23.2 Å². The van der Waals surface area contributed by atoms with Crippen LogP contribution in [-0.4, -0.2) is 0 Å². The standard InChI is InChI=1S/C14H13Cl2N/c1-9-5-4-7-11(13(9)16)14(17)10-6-2-3-8-12(10)15/h2-8,14H,17H2,1H3. The van der Waals surface area contributed by atoms with E-state index < -0.39 is 0 Å². The number of hydrogen-bond acceptors (Lipinski definition) is 1. The Morgan fingerprint density at radius 2 is 1.59 bits per heavy atom. The summed E-state index contributed by atoms with van der Waals surface area (Å²) in [6.07, 6.45) is 0. The molecule has 88 valence electrons. The molecule has 0 spiro atoms. The van der Waals surface area contributed by atoms with Crippen molar-refractivity contribution in [3.8, 4) is 0 Å². The van der Waals surface area contributed by atoms with Gasteiger partial charge in [-0.3, -0.25) is 0 Å². The predicted octanol–water partition coefficient (Wildman–Crippen LogP) is 4.35. The Bertz CT molecular complexity index is 537. The minimum atomic E-state index is -0.295. The van der Waals surface area contributed by atoms with Gasteiger partial charge in [-0.2, -0.15) is 0 Å². The lowest BCUT2D eigenvalue weighted by molar-refractivity contribution is 0.870. The smallest absolute Gasteiger partial charge is 0.0581 e. The molecule has 0 bridgehead atoms. The molecule has 3 heteroatoms. The molecule has 0 aliphatic rings. The van der Waals surface area contributed by atoms with Crippen LogP contribution in [0.3, 0.4) is 0 Å². The van der Waals surface area contributed by atoms with Crippen LogP contribution in [0.25, 0.3) is 0 Å². The molecular formula is C14H13Cl2N. The van der Waals surface area contributed by atoms with Gasteiger partial charge in [-0.25, -0.2) is 0 Å². The molecule has 0 radical (unpaired) electrons. The topological polar surface area (TPSA) is 26.0 Å². The van der Waals surface area contributed by atoms with E-state index in [-0.39, 0.29) is 6.04 Å². The van der Waals surface area contributed by atoms with Crippen molar-refractivity contribution in [2.45, 2.75) is 13.0 Å². The van der Waals surface area contributed by atoms with Gasteiger partial charge < -0.3 is 5.73 Å². The molecule has 1 atom stereocenters. The predicted molar refractivity (Wildman–Crippen MR) is 73.7 cm³/mol. The summed E-state index contributed by atoms with van der Waals surface area (Å²) in [6.45, 7) is 1.96. The molecule has 0 heterocycles. The Kier molecular flexibility index (Phi) is 3.72. The summed E-state index contributed by atoms with van der Waals surface area (Å²) in [7, 11) is 0. The fraction of sp³-hybridized carbons (Fsp3) is 0.143. The molecule has 0 aromatic heterocycles. The molecule has 0 amide bonds. The Morgan fingerprint density at radius 1 is 0.941 bits per heavy atom. The SMILES string of the molecule is Cc1cccc(C(N)c2ccccc2Cl)c1Cl. The molecular weight excluding hydrogens is 253 g/mol. The van der Waals surface area contributed by atoms with Gasteiger partial charge in [0.1, 0.15) is 0 Å². The van der Waals surface area contributed by atoms with Crippen molar-refractivity contribution < 1.29 is 0 Å². The van der Waals surface area contributed by atoms with Gasteiger partial charge in [0.05, 0.1) is 6.04 Å². The fourth-order valence-electron chi connectivity index (χ4n) is 1.81. The third-order valence-corrected chi connectivity index (χ3v) is 3.66. The maximum atomic E-state index is 6.27. The number of halogens is 2. The fourth-order valence-corrected chi connectivity index (χ4v) is 2.30. The maximum Gasteiger partial charge on any atom is 0.0581 e. The van der Waals surface area contributed by atoms with Crippen LogP contribution >= 0.6 is 23.2 Å². The maximum absolute atomic E-state index is 6.27. The minimum absolute atomic E-state index is 0.295. The van der Waals surface area contributed by atoms with Crippen LogP contribution in [0.5, 0.6) is 0 Å². The van der Waals surface area contributed by atoms with E-state index in [0.717, 1.165) is 16.7 Å². The molecule has 2 N–H and O–H groups in total. The lowest BCUT2D eigenvalue weighted by atomic mass is 9.98. The number of aryl methyl sites for hydroxylation is 1. The summed E-state index contributed by atoms with van der Waals surface area (Å²) in [5.74, 6) is 0. The minimum Gasteiger partial charge on any atom is -0.320 e. The van der Waals surface area contributed by atoms with E-state index >= 15 is 0 Å². The summed E-state index contributed by atoms with van der Waals surface area (Å²) >= 11 is 12.4. The molecule has 0 fully saturated rings. The lowest BCUT2D eigenvalue weighted by Gasteiger charge is -2.16. The first-order valence-corrected chi connectivity index (χ1v) is 6.12. The Morgan fingerprint density at radius 3 is 2.29 bits per heavy atom. The monoisotopic (exact) mass is 265 g/mol. The molecule has 2 aromatic rings. The van der Waals surface area contributed by atoms with E-state index in [1.165, 1.54) is 0 Å². The lowest BCUT2D eigenvalue weighted by Crippen LogP contribution is -2.13. The van der Waals surface area contributed by atoms with Crippen molar-refractivity contribution in [1.82, 2.24) is 0 Å². The summed E-state index contributed by atoms with van der Waals surface area (Å²) in [5.41, 5.74) is 9.03. The van der Waals surface area contributed by atoms with Crippen molar-refractivity contribution in [1.29, 1.82) is 0 Å². The van der Waals surface area contributed by atoms with E-state index in [2.05, 4.69) is 0 Å². The van der Waals surface area contributed by atoms with Crippen molar-refractivity contribution in [2.75, 3.05) is 0 Å². The Labute approximate surface area is 111 Å². The number of benzene rings is 2. The van der Waals surface area contributed by atoms with Crippen LogP contribution in [0, 0.1) is 6.92 Å². The van der Waals surface area contributed by atoms with Crippen LogP contribution in [0.4, 0.5) is 0 Å². The first-order valence-electron chi connectivity index (χ1n) is 5.36. The van der Waals surface area contributed by atoms with Gasteiger partial charge in [0.15, 0.2) is 0 Å². The number of rotatable bonds is 2. The number of hydrogen-bond donors (Lipinski definition) is 1. The zero-order valence-corrected chi connectivity index (χ0v) is 11.0. The van der Waals surface area contributed by atoms with Gasteiger partial charge in [0, 0.05) is 10.0 Å². The summed E-state index contributed by atoms with van der Waals surface area (Å²) in [4.78, 5) is 0. The highest BCUT2D eigenvalue weighted by Gasteiger charge is 2.15. The zero-order chi connectivity index (χ0) is 12.4. The summed E-state index contributed by atoms with van der Waals surface area (Å²) < 4.78 is 0. The van der Waals surface area contributed by atoms with Crippen LogP contribution in [0.1, 0.15) is 22.7 Å². The first kappa shape index (κ1) is 12.4. The van der Waals surface area contributed by atoms with Gasteiger partial charge >= 0.3 is 0 Å². The molecule has 0 aliphatic carbocycles. The quantitative estimate of drug-likeness (QED) is 0.859. The molecule has 0 saturated carbocycles. The van der Waals surface area contributed by atoms with Gasteiger partial charge in [-0.15, -0.1) is 0 Å². The Balaban J connectivity index is 2.48. The van der Waals surface area contributed by atoms with Crippen LogP contribution < -0.4 is 5.73 Å². The first-order chi connectivity index (χ1) is 8.11. The van der Waals surface area contributed by atoms with Gasteiger partial charge in [0.2, 0.25) is 0 Å². The number of nitrogens with two attached hydrogens (primary N) is 1. The normalized spacial score (nSPS) is 12.5. The van der Waals surface area contributed by atoms with Crippen molar-refractivity contribution in [3.05, 3.63) is 69.2 Å². The molecule has 0 aliphatic heterocycles. The van der Waals surface area contributed by atoms with Gasteiger partial charge in [0.25, 0.3) is 0 Å². The highest BCUT2D eigenvalue weighted by atomic mass is 35.5. The van der Waals surface area contributed by atoms with Gasteiger partial charge in [-0.1, -0.05) is 59.6 Å². The van der Waals surface area contributed by atoms with E-state index in [9.17, 15) is 0 Å². The molecule has 1 unspecified atom stereocenters. The summed E-state index contributed by atoms with van der Waals surface area (Å²) in [5, 5.41) is 1.37. The molecule has 2 rings (SSSR count). The van der Waals surface area contributed by atoms with E-state index in [1.54, 1.807) is 0 Å².